The number of Topliss-reactive ketones (excluding diaryl/α,β-unsaturated/α-hetero) is 1. The van der Waals surface area contributed by atoms with E-state index in [9.17, 15) is 22.4 Å². The fourth-order valence-corrected chi connectivity index (χ4v) is 1.80. The molecule has 0 bridgehead atoms. The van der Waals surface area contributed by atoms with Crippen molar-refractivity contribution in [3.63, 3.8) is 0 Å². The zero-order chi connectivity index (χ0) is 15.6. The Labute approximate surface area is 125 Å². The van der Waals surface area contributed by atoms with Gasteiger partial charge in [-0.25, -0.2) is 8.78 Å². The first-order valence-electron chi connectivity index (χ1n) is 5.64. The lowest BCUT2D eigenvalue weighted by molar-refractivity contribution is 0.0913. The number of halogens is 5. The van der Waals surface area contributed by atoms with Crippen LogP contribution in [0.5, 0.6) is 5.75 Å². The molecule has 0 aliphatic rings. The minimum atomic E-state index is -1.68. The van der Waals surface area contributed by atoms with Gasteiger partial charge in [-0.05, 0) is 12.1 Å². The predicted octanol–water partition coefficient (Wildman–Crippen LogP) is 4.27. The summed E-state index contributed by atoms with van der Waals surface area (Å²) in [5, 5.41) is 0. The number of rotatable bonds is 4. The Morgan fingerprint density at radius 3 is 2.05 bits per heavy atom. The van der Waals surface area contributed by atoms with Crippen LogP contribution in [0, 0.1) is 23.3 Å². The Morgan fingerprint density at radius 1 is 1.00 bits per heavy atom. The van der Waals surface area contributed by atoms with E-state index < -0.39 is 41.4 Å². The van der Waals surface area contributed by atoms with Crippen molar-refractivity contribution in [1.82, 2.24) is 0 Å². The van der Waals surface area contributed by atoms with Crippen LogP contribution in [0.1, 0.15) is 10.4 Å². The first-order chi connectivity index (χ1) is 9.90. The summed E-state index contributed by atoms with van der Waals surface area (Å²) >= 11 is 3.18. The molecule has 0 aliphatic heterocycles. The van der Waals surface area contributed by atoms with E-state index >= 15 is 0 Å². The van der Waals surface area contributed by atoms with Crippen molar-refractivity contribution in [2.24, 2.45) is 0 Å². The number of benzene rings is 2. The molecule has 21 heavy (non-hydrogen) atoms. The van der Waals surface area contributed by atoms with Gasteiger partial charge in [-0.3, -0.25) is 4.79 Å². The molecule has 0 unspecified atom stereocenters. The minimum absolute atomic E-state index is 0.0636. The molecule has 0 atom stereocenters. The molecular formula is C14H7BrF4O2. The van der Waals surface area contributed by atoms with Gasteiger partial charge in [-0.1, -0.05) is 28.1 Å². The molecule has 2 rings (SSSR count). The highest BCUT2D eigenvalue weighted by Gasteiger charge is 2.21. The molecule has 0 aliphatic carbocycles. The van der Waals surface area contributed by atoms with Crippen molar-refractivity contribution < 1.29 is 27.1 Å². The van der Waals surface area contributed by atoms with Crippen LogP contribution in [0.3, 0.4) is 0 Å². The highest BCUT2D eigenvalue weighted by atomic mass is 79.9. The van der Waals surface area contributed by atoms with Crippen LogP contribution >= 0.6 is 15.9 Å². The topological polar surface area (TPSA) is 26.3 Å². The summed E-state index contributed by atoms with van der Waals surface area (Å²) in [6, 6.07) is 6.18. The average Bonchev–Trinajstić information content (AvgIpc) is 2.45. The number of hydrogen-bond donors (Lipinski definition) is 0. The summed E-state index contributed by atoms with van der Waals surface area (Å²) in [5.41, 5.74) is 0.232. The SMILES string of the molecule is O=C(COc1c(F)c(F)cc(F)c1F)c1ccc(Br)cc1. The molecule has 0 spiro atoms. The standard InChI is InChI=1S/C14H7BrF4O2/c15-8-3-1-7(2-4-8)11(20)6-21-14-12(18)9(16)5-10(17)13(14)19/h1-5H,6H2. The van der Waals surface area contributed by atoms with Crippen molar-refractivity contribution >= 4 is 21.7 Å². The first-order valence-corrected chi connectivity index (χ1v) is 6.44. The average molecular weight is 363 g/mol. The fraction of sp³-hybridized carbons (Fsp3) is 0.0714. The molecule has 110 valence electrons. The largest absolute Gasteiger partial charge is 0.479 e. The maximum Gasteiger partial charge on any atom is 0.203 e. The van der Waals surface area contributed by atoms with Crippen LogP contribution in [-0.2, 0) is 0 Å². The van der Waals surface area contributed by atoms with Gasteiger partial charge in [0.1, 0.15) is 0 Å². The molecule has 0 saturated heterocycles. The van der Waals surface area contributed by atoms with Crippen molar-refractivity contribution in [3.8, 4) is 5.75 Å². The lowest BCUT2D eigenvalue weighted by atomic mass is 10.1. The lowest BCUT2D eigenvalue weighted by Crippen LogP contribution is -2.14. The number of carbonyl (C=O) groups excluding carboxylic acids is 1. The second-order valence-electron chi connectivity index (χ2n) is 4.02. The lowest BCUT2D eigenvalue weighted by Gasteiger charge is -2.09. The molecule has 0 saturated carbocycles. The smallest absolute Gasteiger partial charge is 0.203 e. The van der Waals surface area contributed by atoms with Crippen molar-refractivity contribution in [1.29, 1.82) is 0 Å². The predicted molar refractivity (Wildman–Crippen MR) is 70.2 cm³/mol. The third kappa shape index (κ3) is 3.41. The maximum absolute atomic E-state index is 13.3. The van der Waals surface area contributed by atoms with Crippen LogP contribution in [0.15, 0.2) is 34.8 Å². The van der Waals surface area contributed by atoms with Crippen LogP contribution in [0.25, 0.3) is 0 Å². The van der Waals surface area contributed by atoms with Crippen molar-refractivity contribution in [3.05, 3.63) is 63.6 Å². The first kappa shape index (κ1) is 15.5. The minimum Gasteiger partial charge on any atom is -0.479 e. The van der Waals surface area contributed by atoms with E-state index in [-0.39, 0.29) is 11.6 Å². The van der Waals surface area contributed by atoms with Gasteiger partial charge in [-0.15, -0.1) is 0 Å². The van der Waals surface area contributed by atoms with Gasteiger partial charge in [0.15, 0.2) is 29.8 Å². The van der Waals surface area contributed by atoms with E-state index in [4.69, 9.17) is 0 Å². The second-order valence-corrected chi connectivity index (χ2v) is 4.93. The summed E-state index contributed by atoms with van der Waals surface area (Å²) in [5.74, 6) is -8.40. The summed E-state index contributed by atoms with van der Waals surface area (Å²) in [6.45, 7) is -0.752. The van der Waals surface area contributed by atoms with Gasteiger partial charge in [0, 0.05) is 16.1 Å². The third-order valence-corrected chi connectivity index (χ3v) is 3.11. The second kappa shape index (κ2) is 6.26. The summed E-state index contributed by atoms with van der Waals surface area (Å²) < 4.78 is 57.9. The Bertz CT molecular complexity index is 660. The number of ketones is 1. The zero-order valence-electron chi connectivity index (χ0n) is 10.3. The molecule has 2 aromatic rings. The van der Waals surface area contributed by atoms with Gasteiger partial charge < -0.3 is 4.74 Å². The van der Waals surface area contributed by atoms with E-state index in [0.717, 1.165) is 4.47 Å². The molecule has 2 nitrogen and oxygen atoms in total. The molecule has 0 radical (unpaired) electrons. The Morgan fingerprint density at radius 2 is 1.52 bits per heavy atom. The molecule has 0 aromatic heterocycles. The zero-order valence-corrected chi connectivity index (χ0v) is 11.9. The molecule has 0 N–H and O–H groups in total. The van der Waals surface area contributed by atoms with E-state index in [1.165, 1.54) is 12.1 Å². The molecule has 0 amide bonds. The van der Waals surface area contributed by atoms with Gasteiger partial charge in [0.2, 0.25) is 11.6 Å². The third-order valence-electron chi connectivity index (χ3n) is 2.59. The van der Waals surface area contributed by atoms with Gasteiger partial charge in [0.05, 0.1) is 0 Å². The highest BCUT2D eigenvalue weighted by molar-refractivity contribution is 9.10. The molecular weight excluding hydrogens is 356 g/mol. The Balaban J connectivity index is 2.17. The van der Waals surface area contributed by atoms with Gasteiger partial charge in [-0.2, -0.15) is 8.78 Å². The highest BCUT2D eigenvalue weighted by Crippen LogP contribution is 2.26. The molecule has 7 heteroatoms. The van der Waals surface area contributed by atoms with E-state index in [1.807, 2.05) is 0 Å². The Kier molecular flexibility index (Phi) is 4.62. The fourth-order valence-electron chi connectivity index (χ4n) is 1.53. The van der Waals surface area contributed by atoms with Gasteiger partial charge in [0.25, 0.3) is 0 Å². The normalized spacial score (nSPS) is 10.5. The van der Waals surface area contributed by atoms with Crippen molar-refractivity contribution in [2.45, 2.75) is 0 Å². The van der Waals surface area contributed by atoms with Crippen molar-refractivity contribution in [2.75, 3.05) is 6.61 Å². The van der Waals surface area contributed by atoms with E-state index in [2.05, 4.69) is 20.7 Å². The Hall–Kier alpha value is -1.89. The number of hydrogen-bond acceptors (Lipinski definition) is 2. The summed E-state index contributed by atoms with van der Waals surface area (Å²) in [6.07, 6.45) is 0. The monoisotopic (exact) mass is 362 g/mol. The van der Waals surface area contributed by atoms with Gasteiger partial charge >= 0.3 is 0 Å². The van der Waals surface area contributed by atoms with E-state index in [1.54, 1.807) is 12.1 Å². The maximum atomic E-state index is 13.3. The van der Waals surface area contributed by atoms with Crippen LogP contribution < -0.4 is 4.74 Å². The number of carbonyl (C=O) groups is 1. The molecule has 0 heterocycles. The summed E-state index contributed by atoms with van der Waals surface area (Å²) in [4.78, 5) is 11.7. The van der Waals surface area contributed by atoms with Crippen LogP contribution in [0.2, 0.25) is 0 Å². The van der Waals surface area contributed by atoms with E-state index in [0.29, 0.717) is 0 Å². The molecule has 0 fully saturated rings. The van der Waals surface area contributed by atoms with Crippen LogP contribution in [-0.4, -0.2) is 12.4 Å². The summed E-state index contributed by atoms with van der Waals surface area (Å²) in [7, 11) is 0. The molecule has 2 aromatic carbocycles. The number of ether oxygens (including phenoxy) is 1. The quantitative estimate of drug-likeness (QED) is 0.461. The van der Waals surface area contributed by atoms with Crippen LogP contribution in [0.4, 0.5) is 17.6 Å².